The standard InChI is InChI=1S/C14H12N4OS/c19-14(13-7-4-8-20-13)15-9-11-10-18(17-16-11)12-5-2-1-3-6-12/h1-8,10H,9H2,(H,15,19). The summed E-state index contributed by atoms with van der Waals surface area (Å²) in [5, 5.41) is 12.8. The summed E-state index contributed by atoms with van der Waals surface area (Å²) in [7, 11) is 0. The van der Waals surface area contributed by atoms with Gasteiger partial charge in [0.2, 0.25) is 0 Å². The highest BCUT2D eigenvalue weighted by Crippen LogP contribution is 2.09. The molecule has 6 heteroatoms. The average molecular weight is 284 g/mol. The summed E-state index contributed by atoms with van der Waals surface area (Å²) in [4.78, 5) is 12.5. The van der Waals surface area contributed by atoms with Crippen LogP contribution in [-0.2, 0) is 6.54 Å². The Morgan fingerprint density at radius 3 is 2.80 bits per heavy atom. The maximum Gasteiger partial charge on any atom is 0.261 e. The van der Waals surface area contributed by atoms with Crippen molar-refractivity contribution in [2.45, 2.75) is 6.54 Å². The zero-order valence-corrected chi connectivity index (χ0v) is 11.4. The minimum atomic E-state index is -0.0886. The molecule has 0 saturated carbocycles. The average Bonchev–Trinajstić information content (AvgIpc) is 3.17. The van der Waals surface area contributed by atoms with E-state index in [9.17, 15) is 4.79 Å². The summed E-state index contributed by atoms with van der Waals surface area (Å²) in [6, 6.07) is 13.4. The molecule has 0 aliphatic heterocycles. The normalized spacial score (nSPS) is 10.4. The molecule has 100 valence electrons. The first-order valence-electron chi connectivity index (χ1n) is 6.11. The van der Waals surface area contributed by atoms with E-state index in [0.717, 1.165) is 11.4 Å². The number of rotatable bonds is 4. The lowest BCUT2D eigenvalue weighted by Gasteiger charge is -2.00. The highest BCUT2D eigenvalue weighted by atomic mass is 32.1. The molecule has 0 radical (unpaired) electrons. The molecule has 0 bridgehead atoms. The Morgan fingerprint density at radius 1 is 1.20 bits per heavy atom. The zero-order chi connectivity index (χ0) is 13.8. The molecule has 0 fully saturated rings. The van der Waals surface area contributed by atoms with E-state index in [1.807, 2.05) is 48.0 Å². The first-order valence-corrected chi connectivity index (χ1v) is 6.99. The number of para-hydroxylation sites is 1. The van der Waals surface area contributed by atoms with Crippen LogP contribution in [0.4, 0.5) is 0 Å². The fourth-order valence-corrected chi connectivity index (χ4v) is 2.39. The Morgan fingerprint density at radius 2 is 2.05 bits per heavy atom. The second kappa shape index (κ2) is 5.66. The maximum atomic E-state index is 11.8. The van der Waals surface area contributed by atoms with Crippen LogP contribution in [0.15, 0.2) is 54.0 Å². The molecule has 0 saturated heterocycles. The molecule has 0 aliphatic carbocycles. The largest absolute Gasteiger partial charge is 0.346 e. The van der Waals surface area contributed by atoms with Gasteiger partial charge in [0.25, 0.3) is 5.91 Å². The number of nitrogens with zero attached hydrogens (tertiary/aromatic N) is 3. The van der Waals surface area contributed by atoms with E-state index in [-0.39, 0.29) is 5.91 Å². The number of carbonyl (C=O) groups excluding carboxylic acids is 1. The molecule has 2 heterocycles. The Bertz CT molecular complexity index is 691. The number of hydrogen-bond acceptors (Lipinski definition) is 4. The van der Waals surface area contributed by atoms with E-state index in [1.54, 1.807) is 10.7 Å². The number of nitrogens with one attached hydrogen (secondary N) is 1. The van der Waals surface area contributed by atoms with E-state index in [1.165, 1.54) is 11.3 Å². The third-order valence-corrected chi connectivity index (χ3v) is 3.61. The van der Waals surface area contributed by atoms with Gasteiger partial charge < -0.3 is 5.32 Å². The van der Waals surface area contributed by atoms with Gasteiger partial charge >= 0.3 is 0 Å². The van der Waals surface area contributed by atoms with Gasteiger partial charge in [-0.1, -0.05) is 29.5 Å². The van der Waals surface area contributed by atoms with Crippen molar-refractivity contribution in [1.82, 2.24) is 20.3 Å². The molecule has 0 unspecified atom stereocenters. The van der Waals surface area contributed by atoms with Gasteiger partial charge in [0.1, 0.15) is 5.69 Å². The van der Waals surface area contributed by atoms with Crippen molar-refractivity contribution < 1.29 is 4.79 Å². The van der Waals surface area contributed by atoms with Crippen LogP contribution in [0, 0.1) is 0 Å². The molecule has 3 aromatic rings. The van der Waals surface area contributed by atoms with Crippen LogP contribution in [0.1, 0.15) is 15.4 Å². The molecular weight excluding hydrogens is 272 g/mol. The van der Waals surface area contributed by atoms with Crippen molar-refractivity contribution in [3.63, 3.8) is 0 Å². The van der Waals surface area contributed by atoms with Crippen LogP contribution in [0.25, 0.3) is 5.69 Å². The van der Waals surface area contributed by atoms with Crippen LogP contribution in [0.5, 0.6) is 0 Å². The summed E-state index contributed by atoms with van der Waals surface area (Å²) in [6.07, 6.45) is 1.81. The Kier molecular flexibility index (Phi) is 3.56. The van der Waals surface area contributed by atoms with Gasteiger partial charge in [0, 0.05) is 0 Å². The lowest BCUT2D eigenvalue weighted by atomic mass is 10.3. The van der Waals surface area contributed by atoms with E-state index in [2.05, 4.69) is 15.6 Å². The number of amides is 1. The van der Waals surface area contributed by atoms with Gasteiger partial charge in [0.15, 0.2) is 0 Å². The summed E-state index contributed by atoms with van der Waals surface area (Å²) in [6.45, 7) is 0.365. The first-order chi connectivity index (χ1) is 9.83. The van der Waals surface area contributed by atoms with E-state index in [4.69, 9.17) is 0 Å². The van der Waals surface area contributed by atoms with Gasteiger partial charge in [0.05, 0.1) is 23.3 Å². The van der Waals surface area contributed by atoms with Crippen molar-refractivity contribution in [2.75, 3.05) is 0 Å². The van der Waals surface area contributed by atoms with Crippen LogP contribution in [0.2, 0.25) is 0 Å². The summed E-state index contributed by atoms with van der Waals surface area (Å²) >= 11 is 1.41. The van der Waals surface area contributed by atoms with E-state index in [0.29, 0.717) is 11.4 Å². The predicted octanol–water partition coefficient (Wildman–Crippen LogP) is 2.26. The second-order valence-corrected chi connectivity index (χ2v) is 5.10. The molecule has 0 spiro atoms. The van der Waals surface area contributed by atoms with Gasteiger partial charge in [-0.05, 0) is 23.6 Å². The Balaban J connectivity index is 1.65. The number of thiophene rings is 1. The van der Waals surface area contributed by atoms with Crippen LogP contribution >= 0.6 is 11.3 Å². The van der Waals surface area contributed by atoms with Crippen molar-refractivity contribution in [3.05, 3.63) is 64.6 Å². The molecule has 5 nitrogen and oxygen atoms in total. The highest BCUT2D eigenvalue weighted by molar-refractivity contribution is 7.12. The van der Waals surface area contributed by atoms with Gasteiger partial charge in [-0.3, -0.25) is 4.79 Å². The van der Waals surface area contributed by atoms with Gasteiger partial charge in [-0.2, -0.15) is 0 Å². The zero-order valence-electron chi connectivity index (χ0n) is 10.6. The van der Waals surface area contributed by atoms with Crippen LogP contribution in [0.3, 0.4) is 0 Å². The lowest BCUT2D eigenvalue weighted by Crippen LogP contribution is -2.21. The van der Waals surface area contributed by atoms with Crippen molar-refractivity contribution in [3.8, 4) is 5.69 Å². The monoisotopic (exact) mass is 284 g/mol. The third kappa shape index (κ3) is 2.75. The fraction of sp³-hybridized carbons (Fsp3) is 0.0714. The molecule has 0 atom stereocenters. The molecule has 0 aliphatic rings. The molecule has 2 aromatic heterocycles. The number of carbonyl (C=O) groups is 1. The minimum Gasteiger partial charge on any atom is -0.346 e. The molecule has 3 rings (SSSR count). The van der Waals surface area contributed by atoms with Crippen LogP contribution in [-0.4, -0.2) is 20.9 Å². The molecular formula is C14H12N4OS. The van der Waals surface area contributed by atoms with E-state index >= 15 is 0 Å². The maximum absolute atomic E-state index is 11.8. The Hall–Kier alpha value is -2.47. The lowest BCUT2D eigenvalue weighted by molar-refractivity contribution is 0.0954. The van der Waals surface area contributed by atoms with E-state index < -0.39 is 0 Å². The number of hydrogen-bond donors (Lipinski definition) is 1. The summed E-state index contributed by atoms with van der Waals surface area (Å²) in [5.74, 6) is -0.0886. The second-order valence-electron chi connectivity index (χ2n) is 4.15. The van der Waals surface area contributed by atoms with Crippen molar-refractivity contribution in [2.24, 2.45) is 0 Å². The summed E-state index contributed by atoms with van der Waals surface area (Å²) < 4.78 is 1.69. The van der Waals surface area contributed by atoms with Crippen molar-refractivity contribution in [1.29, 1.82) is 0 Å². The molecule has 1 N–H and O–H groups in total. The first kappa shape index (κ1) is 12.6. The van der Waals surface area contributed by atoms with Gasteiger partial charge in [-0.25, -0.2) is 4.68 Å². The minimum absolute atomic E-state index is 0.0886. The third-order valence-electron chi connectivity index (χ3n) is 2.74. The number of aromatic nitrogens is 3. The summed E-state index contributed by atoms with van der Waals surface area (Å²) in [5.41, 5.74) is 1.66. The molecule has 20 heavy (non-hydrogen) atoms. The van der Waals surface area contributed by atoms with Crippen LogP contribution < -0.4 is 5.32 Å². The predicted molar refractivity (Wildman–Crippen MR) is 76.8 cm³/mol. The topological polar surface area (TPSA) is 59.8 Å². The Labute approximate surface area is 119 Å². The number of benzene rings is 1. The molecule has 1 amide bonds. The smallest absolute Gasteiger partial charge is 0.261 e. The van der Waals surface area contributed by atoms with Gasteiger partial charge in [-0.15, -0.1) is 16.4 Å². The highest BCUT2D eigenvalue weighted by Gasteiger charge is 2.07. The SMILES string of the molecule is O=C(NCc1cn(-c2ccccc2)nn1)c1cccs1. The molecule has 1 aromatic carbocycles. The van der Waals surface area contributed by atoms with Crippen molar-refractivity contribution >= 4 is 17.2 Å². The quantitative estimate of drug-likeness (QED) is 0.799. The fourth-order valence-electron chi connectivity index (χ4n) is 1.75.